The lowest BCUT2D eigenvalue weighted by atomic mass is 9.97. The highest BCUT2D eigenvalue weighted by Crippen LogP contribution is 2.36. The Hall–Kier alpha value is -2.12. The highest BCUT2D eigenvalue weighted by molar-refractivity contribution is 7.92. The van der Waals surface area contributed by atoms with Crippen LogP contribution in [0.2, 0.25) is 0 Å². The molecular formula is C18H17NO2S. The van der Waals surface area contributed by atoms with Gasteiger partial charge in [0, 0.05) is 29.4 Å². The number of hydrogen-bond acceptors (Lipinski definition) is 3. The Bertz CT molecular complexity index is 872. The molecule has 2 heterocycles. The third-order valence-electron chi connectivity index (χ3n) is 4.13. The van der Waals surface area contributed by atoms with E-state index in [1.165, 1.54) is 0 Å². The van der Waals surface area contributed by atoms with Crippen LogP contribution in [-0.2, 0) is 21.0 Å². The van der Waals surface area contributed by atoms with Gasteiger partial charge in [-0.15, -0.1) is 0 Å². The van der Waals surface area contributed by atoms with Crippen LogP contribution in [0.5, 0.6) is 0 Å². The first-order valence-corrected chi connectivity index (χ1v) is 8.84. The molecule has 0 unspecified atom stereocenters. The van der Waals surface area contributed by atoms with E-state index < -0.39 is 14.6 Å². The van der Waals surface area contributed by atoms with Crippen LogP contribution in [0.25, 0.3) is 0 Å². The second kappa shape index (κ2) is 5.26. The summed E-state index contributed by atoms with van der Waals surface area (Å²) in [5.74, 6) is 6.31. The van der Waals surface area contributed by atoms with Crippen LogP contribution in [0.15, 0.2) is 42.6 Å². The summed E-state index contributed by atoms with van der Waals surface area (Å²) >= 11 is 0. The predicted octanol–water partition coefficient (Wildman–Crippen LogP) is 2.69. The van der Waals surface area contributed by atoms with E-state index in [4.69, 9.17) is 0 Å². The SMILES string of the molecule is CC1(C)c2cc(C#Cc3ccccc3)cnc2CCS1(=O)=O. The summed E-state index contributed by atoms with van der Waals surface area (Å²) in [6, 6.07) is 11.6. The molecule has 0 aliphatic carbocycles. The molecule has 22 heavy (non-hydrogen) atoms. The first-order chi connectivity index (χ1) is 10.4. The number of fused-ring (bicyclic) bond motifs is 1. The number of nitrogens with zero attached hydrogens (tertiary/aromatic N) is 1. The van der Waals surface area contributed by atoms with Crippen molar-refractivity contribution in [3.8, 4) is 11.8 Å². The molecule has 1 aromatic heterocycles. The summed E-state index contributed by atoms with van der Waals surface area (Å²) in [6.07, 6.45) is 2.20. The fourth-order valence-electron chi connectivity index (χ4n) is 2.60. The van der Waals surface area contributed by atoms with Gasteiger partial charge >= 0.3 is 0 Å². The number of rotatable bonds is 0. The van der Waals surface area contributed by atoms with Crippen LogP contribution in [-0.4, -0.2) is 19.2 Å². The minimum Gasteiger partial charge on any atom is -0.260 e. The summed E-state index contributed by atoms with van der Waals surface area (Å²) in [6.45, 7) is 3.49. The second-order valence-electron chi connectivity index (χ2n) is 5.91. The molecule has 0 N–H and O–H groups in total. The van der Waals surface area contributed by atoms with E-state index in [1.807, 2.05) is 36.4 Å². The Morgan fingerprint density at radius 1 is 1.09 bits per heavy atom. The van der Waals surface area contributed by atoms with Crippen molar-refractivity contribution in [2.75, 3.05) is 5.75 Å². The third kappa shape index (κ3) is 2.53. The molecule has 1 aliphatic rings. The van der Waals surface area contributed by atoms with Crippen LogP contribution in [0.4, 0.5) is 0 Å². The number of aryl methyl sites for hydroxylation is 1. The van der Waals surface area contributed by atoms with Gasteiger partial charge in [0.25, 0.3) is 0 Å². The largest absolute Gasteiger partial charge is 0.260 e. The highest BCUT2D eigenvalue weighted by Gasteiger charge is 2.41. The average molecular weight is 311 g/mol. The smallest absolute Gasteiger partial charge is 0.160 e. The number of pyridine rings is 1. The van der Waals surface area contributed by atoms with Gasteiger partial charge in [-0.3, -0.25) is 4.98 Å². The maximum absolute atomic E-state index is 12.3. The summed E-state index contributed by atoms with van der Waals surface area (Å²) in [5.41, 5.74) is 3.31. The molecular weight excluding hydrogens is 294 g/mol. The van der Waals surface area contributed by atoms with E-state index in [0.29, 0.717) is 6.42 Å². The Balaban J connectivity index is 2.03. The van der Waals surface area contributed by atoms with E-state index in [-0.39, 0.29) is 5.75 Å². The molecule has 3 nitrogen and oxygen atoms in total. The molecule has 0 spiro atoms. The topological polar surface area (TPSA) is 47.0 Å². The Morgan fingerprint density at radius 3 is 2.50 bits per heavy atom. The van der Waals surface area contributed by atoms with Crippen molar-refractivity contribution in [3.05, 3.63) is 65.0 Å². The summed E-state index contributed by atoms with van der Waals surface area (Å²) < 4.78 is 23.7. The molecule has 0 bridgehead atoms. The highest BCUT2D eigenvalue weighted by atomic mass is 32.2. The molecule has 0 saturated heterocycles. The van der Waals surface area contributed by atoms with Crippen LogP contribution in [0, 0.1) is 11.8 Å². The molecule has 3 rings (SSSR count). The molecule has 1 aromatic carbocycles. The van der Waals surface area contributed by atoms with Crippen LogP contribution in [0.1, 0.15) is 36.2 Å². The van der Waals surface area contributed by atoms with Crippen molar-refractivity contribution in [1.82, 2.24) is 4.98 Å². The lowest BCUT2D eigenvalue weighted by molar-refractivity contribution is 0.543. The van der Waals surface area contributed by atoms with Crippen LogP contribution < -0.4 is 0 Å². The van der Waals surface area contributed by atoms with Gasteiger partial charge in [0.2, 0.25) is 0 Å². The molecule has 1 aliphatic heterocycles. The van der Waals surface area contributed by atoms with Gasteiger partial charge in [-0.1, -0.05) is 30.0 Å². The van der Waals surface area contributed by atoms with E-state index in [9.17, 15) is 8.42 Å². The van der Waals surface area contributed by atoms with Crippen molar-refractivity contribution in [2.24, 2.45) is 0 Å². The lowest BCUT2D eigenvalue weighted by Crippen LogP contribution is -2.37. The van der Waals surface area contributed by atoms with E-state index in [2.05, 4.69) is 16.8 Å². The summed E-state index contributed by atoms with van der Waals surface area (Å²) in [4.78, 5) is 4.43. The normalized spacial score (nSPS) is 17.9. The van der Waals surface area contributed by atoms with Gasteiger partial charge in [-0.25, -0.2) is 8.42 Å². The van der Waals surface area contributed by atoms with Gasteiger partial charge in [-0.2, -0.15) is 0 Å². The summed E-state index contributed by atoms with van der Waals surface area (Å²) in [5, 5.41) is 0. The van der Waals surface area contributed by atoms with E-state index in [0.717, 1.165) is 22.4 Å². The number of aromatic nitrogens is 1. The standard InChI is InChI=1S/C18H17NO2S/c1-18(2)16-12-15(9-8-14-6-4-3-5-7-14)13-19-17(16)10-11-22(18,20)21/h3-7,12-13H,10-11H2,1-2H3. The minimum atomic E-state index is -3.15. The predicted molar refractivity (Wildman–Crippen MR) is 87.2 cm³/mol. The second-order valence-corrected chi connectivity index (χ2v) is 8.57. The molecule has 0 radical (unpaired) electrons. The zero-order valence-electron chi connectivity index (χ0n) is 12.6. The first-order valence-electron chi connectivity index (χ1n) is 7.19. The average Bonchev–Trinajstić information content (AvgIpc) is 2.51. The molecule has 2 aromatic rings. The maximum Gasteiger partial charge on any atom is 0.160 e. The number of hydrogen-bond donors (Lipinski definition) is 0. The van der Waals surface area contributed by atoms with Crippen molar-refractivity contribution >= 4 is 9.84 Å². The fraction of sp³-hybridized carbons (Fsp3) is 0.278. The lowest BCUT2D eigenvalue weighted by Gasteiger charge is -2.31. The Morgan fingerprint density at radius 2 is 1.77 bits per heavy atom. The van der Waals surface area contributed by atoms with Gasteiger partial charge in [0.15, 0.2) is 9.84 Å². The molecule has 0 atom stereocenters. The zero-order valence-corrected chi connectivity index (χ0v) is 13.4. The Labute approximate surface area is 131 Å². The van der Waals surface area contributed by atoms with E-state index >= 15 is 0 Å². The monoisotopic (exact) mass is 311 g/mol. The molecule has 112 valence electrons. The molecule has 4 heteroatoms. The third-order valence-corrected chi connectivity index (χ3v) is 6.65. The number of benzene rings is 1. The minimum absolute atomic E-state index is 0.162. The maximum atomic E-state index is 12.3. The molecule has 0 amide bonds. The van der Waals surface area contributed by atoms with Crippen molar-refractivity contribution in [2.45, 2.75) is 25.0 Å². The fourth-order valence-corrected chi connectivity index (χ4v) is 4.09. The van der Waals surface area contributed by atoms with Crippen molar-refractivity contribution in [1.29, 1.82) is 0 Å². The van der Waals surface area contributed by atoms with Crippen molar-refractivity contribution < 1.29 is 8.42 Å². The summed E-state index contributed by atoms with van der Waals surface area (Å²) in [7, 11) is -3.15. The zero-order chi connectivity index (χ0) is 15.8. The molecule has 0 saturated carbocycles. The van der Waals surface area contributed by atoms with Gasteiger partial charge < -0.3 is 0 Å². The van der Waals surface area contributed by atoms with Crippen LogP contribution in [0.3, 0.4) is 0 Å². The molecule has 0 fully saturated rings. The van der Waals surface area contributed by atoms with Gasteiger partial charge in [0.1, 0.15) is 0 Å². The van der Waals surface area contributed by atoms with Gasteiger partial charge in [0.05, 0.1) is 10.5 Å². The van der Waals surface area contributed by atoms with Gasteiger partial charge in [-0.05, 0) is 37.6 Å². The first kappa shape index (κ1) is 14.8. The van der Waals surface area contributed by atoms with E-state index in [1.54, 1.807) is 20.0 Å². The quantitative estimate of drug-likeness (QED) is 0.703. The van der Waals surface area contributed by atoms with Crippen LogP contribution >= 0.6 is 0 Å². The Kier molecular flexibility index (Phi) is 3.54. The van der Waals surface area contributed by atoms with Crippen molar-refractivity contribution in [3.63, 3.8) is 0 Å². The number of sulfone groups is 1.